The van der Waals surface area contributed by atoms with Crippen molar-refractivity contribution in [1.82, 2.24) is 19.8 Å². The minimum absolute atomic E-state index is 0.00960. The van der Waals surface area contributed by atoms with Gasteiger partial charge in [-0.05, 0) is 104 Å². The number of β-amino-alcohol motifs (C(OH)–C–C–N with tert-alkyl or cyclic N) is 1. The van der Waals surface area contributed by atoms with Crippen molar-refractivity contribution in [2.75, 3.05) is 49.9 Å². The number of unbranched alkanes of at least 4 members (excludes halogenated alkanes) is 1. The number of fused-ring (bicyclic) bond motifs is 4. The second kappa shape index (κ2) is 19.3. The van der Waals surface area contributed by atoms with Crippen LogP contribution in [0, 0.1) is 16.0 Å². The first-order valence-corrected chi connectivity index (χ1v) is 24.0. The lowest BCUT2D eigenvalue weighted by Gasteiger charge is -2.33. The number of nitro groups is 1. The van der Waals surface area contributed by atoms with E-state index in [2.05, 4.69) is 138 Å². The van der Waals surface area contributed by atoms with Gasteiger partial charge < -0.3 is 30.3 Å². The Hall–Kier alpha value is -5.48. The molecule has 0 spiro atoms. The topological polar surface area (TPSA) is 174 Å². The molecule has 3 aliphatic heterocycles. The summed E-state index contributed by atoms with van der Waals surface area (Å²) in [6, 6.07) is 19.1. The van der Waals surface area contributed by atoms with E-state index in [9.17, 15) is 33.0 Å². The second-order valence-electron chi connectivity index (χ2n) is 18.4. The number of hydrogen-bond acceptors (Lipinski definition) is 9. The molecule has 0 aliphatic carbocycles. The number of carbonyl (C=O) groups is 1. The number of aliphatic hydroxyl groups is 1. The lowest BCUT2D eigenvalue weighted by molar-refractivity contribution is -0.438. The number of aliphatic hydroxyl groups excluding tert-OH is 1. The van der Waals surface area contributed by atoms with Crippen LogP contribution in [-0.4, -0.2) is 105 Å². The van der Waals surface area contributed by atoms with Gasteiger partial charge in [-0.25, -0.2) is 4.57 Å². The standard InChI is InChI=1S/C49H61N7O7S/c1-6-54-41-20-18-36(31-45(58)51-32-35-22-26-52(27-23-35)33-38(57)34-53-28-24-50-47(53)56(59)60)30-40(41)48(2,3)43(54)16-8-7-9-17-44-49(4,5)46-39-15-11-10-14-37(39)19-21-42(46)55(44)25-12-13-29-64(61,62)63/h7-11,14-21,24,28,30,35,38,57H,6,12-13,22-23,25-27,29,31-34H2,1-5H3,(H-,51,58,61,62,63)/p+1. The summed E-state index contributed by atoms with van der Waals surface area (Å²) in [7, 11) is -4.02. The van der Waals surface area contributed by atoms with Crippen molar-refractivity contribution in [2.45, 2.75) is 90.2 Å². The third-order valence-corrected chi connectivity index (χ3v) is 14.0. The maximum absolute atomic E-state index is 13.2. The Kier molecular flexibility index (Phi) is 14.0. The molecule has 4 aromatic rings. The number of allylic oxidation sites excluding steroid dienone is 6. The number of carbonyl (C=O) groups excluding carboxylic acids is 1. The Labute approximate surface area is 376 Å². The Bertz CT molecular complexity index is 2620. The number of nitrogens with one attached hydrogen (secondary N) is 1. The summed E-state index contributed by atoms with van der Waals surface area (Å²) in [5, 5.41) is 27.3. The molecule has 1 unspecified atom stereocenters. The number of anilines is 1. The highest BCUT2D eigenvalue weighted by molar-refractivity contribution is 7.85. The van der Waals surface area contributed by atoms with Crippen LogP contribution in [0.2, 0.25) is 0 Å². The number of nitrogens with zero attached hydrogens (tertiary/aromatic N) is 6. The second-order valence-corrected chi connectivity index (χ2v) is 19.9. The quantitative estimate of drug-likeness (QED) is 0.0231. The molecule has 4 heterocycles. The zero-order valence-corrected chi connectivity index (χ0v) is 38.4. The lowest BCUT2D eigenvalue weighted by atomic mass is 9.79. The normalized spacial score (nSPS) is 18.7. The molecule has 3 N–H and O–H groups in total. The van der Waals surface area contributed by atoms with Crippen LogP contribution >= 0.6 is 0 Å². The number of amides is 1. The van der Waals surface area contributed by atoms with E-state index in [-0.39, 0.29) is 41.4 Å². The van der Waals surface area contributed by atoms with Gasteiger partial charge in [0.1, 0.15) is 18.9 Å². The van der Waals surface area contributed by atoms with Crippen molar-refractivity contribution in [3.8, 4) is 0 Å². The van der Waals surface area contributed by atoms with Crippen molar-refractivity contribution >= 4 is 49.8 Å². The Morgan fingerprint density at radius 2 is 1.80 bits per heavy atom. The fraction of sp³-hybridized carbons (Fsp3) is 0.449. The van der Waals surface area contributed by atoms with E-state index in [1.807, 2.05) is 6.07 Å². The number of benzene rings is 3. The smallest absolute Gasteiger partial charge is 0.390 e. The summed E-state index contributed by atoms with van der Waals surface area (Å²) in [4.78, 5) is 32.1. The monoisotopic (exact) mass is 892 g/mol. The largest absolute Gasteiger partial charge is 0.434 e. The van der Waals surface area contributed by atoms with E-state index in [4.69, 9.17) is 0 Å². The van der Waals surface area contributed by atoms with Gasteiger partial charge in [0, 0.05) is 60.6 Å². The molecular weight excluding hydrogens is 831 g/mol. The van der Waals surface area contributed by atoms with Crippen LogP contribution in [0.3, 0.4) is 0 Å². The van der Waals surface area contributed by atoms with Gasteiger partial charge in [-0.1, -0.05) is 73.5 Å². The number of likely N-dealkylation sites (N-methyl/N-ethyl adjacent to an activating group) is 1. The Balaban J connectivity index is 0.964. The molecule has 1 fully saturated rings. The van der Waals surface area contributed by atoms with Gasteiger partial charge >= 0.3 is 5.95 Å². The molecule has 0 radical (unpaired) electrons. The van der Waals surface area contributed by atoms with Gasteiger partial charge in [0.25, 0.3) is 10.1 Å². The first-order valence-electron chi connectivity index (χ1n) is 22.4. The molecule has 1 amide bonds. The zero-order valence-electron chi connectivity index (χ0n) is 37.6. The fourth-order valence-electron chi connectivity index (χ4n) is 9.94. The minimum atomic E-state index is -4.02. The summed E-state index contributed by atoms with van der Waals surface area (Å²) in [5.41, 5.74) is 7.35. The highest BCUT2D eigenvalue weighted by Gasteiger charge is 2.45. The molecule has 340 valence electrons. The maximum atomic E-state index is 13.2. The third kappa shape index (κ3) is 10.2. The van der Waals surface area contributed by atoms with E-state index in [1.54, 1.807) is 0 Å². The zero-order chi connectivity index (χ0) is 45.8. The first-order chi connectivity index (χ1) is 30.5. The van der Waals surface area contributed by atoms with Crippen LogP contribution in [0.15, 0.2) is 103 Å². The van der Waals surface area contributed by atoms with Gasteiger partial charge in [0.2, 0.25) is 11.6 Å². The van der Waals surface area contributed by atoms with E-state index in [0.29, 0.717) is 38.4 Å². The number of likely N-dealkylation sites (tertiary alicyclic amines) is 1. The molecule has 64 heavy (non-hydrogen) atoms. The van der Waals surface area contributed by atoms with Gasteiger partial charge in [0.15, 0.2) is 5.71 Å². The first kappa shape index (κ1) is 46.5. The van der Waals surface area contributed by atoms with Crippen LogP contribution in [0.4, 0.5) is 17.3 Å². The van der Waals surface area contributed by atoms with E-state index in [1.165, 1.54) is 44.6 Å². The van der Waals surface area contributed by atoms with Gasteiger partial charge in [0.05, 0.1) is 30.2 Å². The Morgan fingerprint density at radius 3 is 2.53 bits per heavy atom. The summed E-state index contributed by atoms with van der Waals surface area (Å²) in [6.45, 7) is 15.2. The molecule has 1 atom stereocenters. The van der Waals surface area contributed by atoms with E-state index >= 15 is 0 Å². The van der Waals surface area contributed by atoms with Crippen LogP contribution in [0.25, 0.3) is 10.8 Å². The van der Waals surface area contributed by atoms with Gasteiger partial charge in [-0.3, -0.25) is 9.35 Å². The summed E-state index contributed by atoms with van der Waals surface area (Å²) in [6.07, 6.45) is 15.7. The van der Waals surface area contributed by atoms with Gasteiger partial charge in [-0.2, -0.15) is 13.0 Å². The predicted octanol–water partition coefficient (Wildman–Crippen LogP) is 7.23. The molecule has 15 heteroatoms. The number of rotatable bonds is 18. The van der Waals surface area contributed by atoms with Crippen LogP contribution in [0.1, 0.15) is 77.0 Å². The maximum Gasteiger partial charge on any atom is 0.434 e. The molecule has 14 nitrogen and oxygen atoms in total. The van der Waals surface area contributed by atoms with Crippen LogP contribution in [-0.2, 0) is 38.7 Å². The number of aromatic nitrogens is 2. The van der Waals surface area contributed by atoms with Crippen molar-refractivity contribution in [3.05, 3.63) is 130 Å². The number of imidazole rings is 1. The highest BCUT2D eigenvalue weighted by Crippen LogP contribution is 2.48. The molecule has 1 aromatic heterocycles. The SMILES string of the molecule is CCN1/C(=C/C=C/C=C/C2=[N+](CCCCS(=O)(=O)O)c3ccc4ccccc4c3C2(C)C)C(C)(C)c2cc(CC(=O)NCC3CCN(CC(O)Cn4ccnc4[N+](=O)[O-])CC3)ccc21. The predicted molar refractivity (Wildman–Crippen MR) is 252 cm³/mol. The average Bonchev–Trinajstić information content (AvgIpc) is 3.86. The van der Waals surface area contributed by atoms with Crippen LogP contribution in [0.5, 0.6) is 0 Å². The van der Waals surface area contributed by atoms with Gasteiger partial charge in [-0.15, -0.1) is 0 Å². The lowest BCUT2D eigenvalue weighted by Crippen LogP contribution is -2.42. The number of hydrogen-bond donors (Lipinski definition) is 3. The van der Waals surface area contributed by atoms with Crippen molar-refractivity contribution in [2.24, 2.45) is 5.92 Å². The van der Waals surface area contributed by atoms with Crippen molar-refractivity contribution in [1.29, 1.82) is 0 Å². The highest BCUT2D eigenvalue weighted by atomic mass is 32.2. The number of piperidine rings is 1. The molecular formula is C49H62N7O7S+. The summed E-state index contributed by atoms with van der Waals surface area (Å²) < 4.78 is 35.9. The Morgan fingerprint density at radius 1 is 1.03 bits per heavy atom. The molecule has 0 bridgehead atoms. The molecule has 1 saturated heterocycles. The fourth-order valence-corrected chi connectivity index (χ4v) is 10.5. The molecule has 0 saturated carbocycles. The third-order valence-electron chi connectivity index (χ3n) is 13.2. The summed E-state index contributed by atoms with van der Waals surface area (Å²) >= 11 is 0. The molecule has 3 aliphatic rings. The minimum Gasteiger partial charge on any atom is -0.390 e. The summed E-state index contributed by atoms with van der Waals surface area (Å²) in [5.74, 6) is -0.204. The average molecular weight is 893 g/mol. The van der Waals surface area contributed by atoms with E-state index in [0.717, 1.165) is 55.1 Å². The van der Waals surface area contributed by atoms with Crippen molar-refractivity contribution < 1.29 is 32.4 Å². The van der Waals surface area contributed by atoms with Crippen LogP contribution < -0.4 is 10.2 Å². The van der Waals surface area contributed by atoms with E-state index < -0.39 is 21.1 Å². The molecule has 7 rings (SSSR count). The molecule has 3 aromatic carbocycles. The van der Waals surface area contributed by atoms with Crippen molar-refractivity contribution in [3.63, 3.8) is 0 Å².